The first kappa shape index (κ1) is 12.3. The van der Waals surface area contributed by atoms with E-state index >= 15 is 0 Å². The summed E-state index contributed by atoms with van der Waals surface area (Å²) >= 11 is 3.40. The normalized spacial score (nSPS) is 12.6. The van der Waals surface area contributed by atoms with Crippen molar-refractivity contribution in [1.82, 2.24) is 9.78 Å². The van der Waals surface area contributed by atoms with E-state index in [0.29, 0.717) is 12.5 Å². The first-order valence-electron chi connectivity index (χ1n) is 5.63. The van der Waals surface area contributed by atoms with Crippen LogP contribution < -0.4 is 5.73 Å². The van der Waals surface area contributed by atoms with Crippen LogP contribution in [0.4, 0.5) is 0 Å². The summed E-state index contributed by atoms with van der Waals surface area (Å²) in [5.41, 5.74) is 8.40. The van der Waals surface area contributed by atoms with Gasteiger partial charge in [-0.2, -0.15) is 5.10 Å². The molecule has 0 aliphatic carbocycles. The molecule has 0 fully saturated rings. The number of halogens is 1. The second-order valence-electron chi connectivity index (χ2n) is 4.23. The minimum Gasteiger partial charge on any atom is -0.330 e. The van der Waals surface area contributed by atoms with Gasteiger partial charge in [-0.3, -0.25) is 4.68 Å². The Morgan fingerprint density at radius 3 is 2.88 bits per heavy atom. The van der Waals surface area contributed by atoms with Crippen LogP contribution in [0.1, 0.15) is 17.0 Å². The lowest BCUT2D eigenvalue weighted by atomic mass is 9.98. The van der Waals surface area contributed by atoms with Crippen LogP contribution >= 0.6 is 15.9 Å². The molecule has 0 bridgehead atoms. The Labute approximate surface area is 110 Å². The lowest BCUT2D eigenvalue weighted by molar-refractivity contribution is 0.521. The van der Waals surface area contributed by atoms with E-state index in [1.165, 1.54) is 11.1 Å². The highest BCUT2D eigenvalue weighted by atomic mass is 79.9. The molecule has 1 atom stereocenters. The monoisotopic (exact) mass is 293 g/mol. The van der Waals surface area contributed by atoms with Gasteiger partial charge < -0.3 is 5.73 Å². The largest absolute Gasteiger partial charge is 0.330 e. The van der Waals surface area contributed by atoms with E-state index in [4.69, 9.17) is 5.73 Å². The number of hydrogen-bond acceptors (Lipinski definition) is 2. The Kier molecular flexibility index (Phi) is 3.97. The standard InChI is InChI=1S/C13H16BrN3/c1-10-3-2-4-11(5-10)12(6-15)8-17-9-13(14)7-16-17/h2-5,7,9,12H,6,8,15H2,1H3. The van der Waals surface area contributed by atoms with Gasteiger partial charge in [0.15, 0.2) is 0 Å². The van der Waals surface area contributed by atoms with Crippen molar-refractivity contribution in [3.05, 3.63) is 52.3 Å². The SMILES string of the molecule is Cc1cccc(C(CN)Cn2cc(Br)cn2)c1. The van der Waals surface area contributed by atoms with E-state index in [9.17, 15) is 0 Å². The molecule has 2 rings (SSSR count). The summed E-state index contributed by atoms with van der Waals surface area (Å²) in [5, 5.41) is 4.27. The van der Waals surface area contributed by atoms with Gasteiger partial charge in [0.2, 0.25) is 0 Å². The smallest absolute Gasteiger partial charge is 0.0632 e. The van der Waals surface area contributed by atoms with Gasteiger partial charge in [-0.25, -0.2) is 0 Å². The molecule has 1 aromatic carbocycles. The van der Waals surface area contributed by atoms with Crippen LogP contribution in [0.15, 0.2) is 41.1 Å². The van der Waals surface area contributed by atoms with Gasteiger partial charge in [0.1, 0.15) is 0 Å². The molecule has 90 valence electrons. The number of hydrogen-bond donors (Lipinski definition) is 1. The molecule has 3 nitrogen and oxygen atoms in total. The van der Waals surface area contributed by atoms with Crippen molar-refractivity contribution >= 4 is 15.9 Å². The highest BCUT2D eigenvalue weighted by molar-refractivity contribution is 9.10. The van der Waals surface area contributed by atoms with Gasteiger partial charge in [0.25, 0.3) is 0 Å². The van der Waals surface area contributed by atoms with E-state index in [1.54, 1.807) is 6.20 Å². The third kappa shape index (κ3) is 3.17. The van der Waals surface area contributed by atoms with Crippen LogP contribution in [-0.2, 0) is 6.54 Å². The summed E-state index contributed by atoms with van der Waals surface area (Å²) in [7, 11) is 0. The van der Waals surface area contributed by atoms with Gasteiger partial charge in [-0.1, -0.05) is 29.8 Å². The predicted octanol–water partition coefficient (Wildman–Crippen LogP) is 2.70. The van der Waals surface area contributed by atoms with Gasteiger partial charge in [0, 0.05) is 25.2 Å². The molecule has 1 aromatic heterocycles. The van der Waals surface area contributed by atoms with E-state index in [-0.39, 0.29) is 0 Å². The second-order valence-corrected chi connectivity index (χ2v) is 5.14. The van der Waals surface area contributed by atoms with Crippen molar-refractivity contribution in [3.8, 4) is 0 Å². The molecular weight excluding hydrogens is 278 g/mol. The first-order chi connectivity index (χ1) is 8.19. The molecule has 0 radical (unpaired) electrons. The number of nitrogens with two attached hydrogens (primary N) is 1. The number of aryl methyl sites for hydroxylation is 1. The molecule has 4 heteroatoms. The van der Waals surface area contributed by atoms with Crippen LogP contribution in [0, 0.1) is 6.92 Å². The fraction of sp³-hybridized carbons (Fsp3) is 0.308. The summed E-state index contributed by atoms with van der Waals surface area (Å²) in [6.45, 7) is 3.54. The number of rotatable bonds is 4. The summed E-state index contributed by atoms with van der Waals surface area (Å²) in [4.78, 5) is 0. The maximum atomic E-state index is 5.86. The van der Waals surface area contributed by atoms with Crippen molar-refractivity contribution in [1.29, 1.82) is 0 Å². The number of benzene rings is 1. The molecule has 0 amide bonds. The summed E-state index contributed by atoms with van der Waals surface area (Å²) < 4.78 is 2.92. The van der Waals surface area contributed by atoms with E-state index in [1.807, 2.05) is 10.9 Å². The fourth-order valence-electron chi connectivity index (χ4n) is 1.90. The number of aromatic nitrogens is 2. The molecular formula is C13H16BrN3. The average Bonchev–Trinajstić information content (AvgIpc) is 2.72. The van der Waals surface area contributed by atoms with Crippen molar-refractivity contribution in [2.45, 2.75) is 19.4 Å². The molecule has 0 aliphatic heterocycles. The topological polar surface area (TPSA) is 43.8 Å². The highest BCUT2D eigenvalue weighted by Gasteiger charge is 2.11. The zero-order chi connectivity index (χ0) is 12.3. The fourth-order valence-corrected chi connectivity index (χ4v) is 2.23. The molecule has 1 heterocycles. The summed E-state index contributed by atoms with van der Waals surface area (Å²) in [6.07, 6.45) is 3.77. The molecule has 2 N–H and O–H groups in total. The van der Waals surface area contributed by atoms with E-state index < -0.39 is 0 Å². The third-order valence-corrected chi connectivity index (χ3v) is 3.22. The molecule has 0 saturated carbocycles. The van der Waals surface area contributed by atoms with Crippen LogP contribution in [-0.4, -0.2) is 16.3 Å². The molecule has 0 spiro atoms. The second kappa shape index (κ2) is 5.47. The van der Waals surface area contributed by atoms with Crippen LogP contribution in [0.3, 0.4) is 0 Å². The average molecular weight is 294 g/mol. The Morgan fingerprint density at radius 1 is 1.47 bits per heavy atom. The van der Waals surface area contributed by atoms with Crippen molar-refractivity contribution in [2.24, 2.45) is 5.73 Å². The molecule has 17 heavy (non-hydrogen) atoms. The number of nitrogens with zero attached hydrogens (tertiary/aromatic N) is 2. The van der Waals surface area contributed by atoms with Gasteiger partial charge in [-0.05, 0) is 28.4 Å². The van der Waals surface area contributed by atoms with Crippen molar-refractivity contribution in [3.63, 3.8) is 0 Å². The first-order valence-corrected chi connectivity index (χ1v) is 6.43. The van der Waals surface area contributed by atoms with Gasteiger partial charge in [0.05, 0.1) is 10.7 Å². The van der Waals surface area contributed by atoms with Crippen LogP contribution in [0.25, 0.3) is 0 Å². The van der Waals surface area contributed by atoms with Crippen LogP contribution in [0.2, 0.25) is 0 Å². The summed E-state index contributed by atoms with van der Waals surface area (Å²) in [6, 6.07) is 8.49. The van der Waals surface area contributed by atoms with Crippen molar-refractivity contribution in [2.75, 3.05) is 6.54 Å². The third-order valence-electron chi connectivity index (χ3n) is 2.81. The minimum atomic E-state index is 0.307. The Bertz CT molecular complexity index is 493. The van der Waals surface area contributed by atoms with Gasteiger partial charge in [-0.15, -0.1) is 0 Å². The van der Waals surface area contributed by atoms with Gasteiger partial charge >= 0.3 is 0 Å². The molecule has 2 aromatic rings. The summed E-state index contributed by atoms with van der Waals surface area (Å²) in [5.74, 6) is 0.307. The maximum Gasteiger partial charge on any atom is 0.0632 e. The Balaban J connectivity index is 2.16. The highest BCUT2D eigenvalue weighted by Crippen LogP contribution is 2.18. The van der Waals surface area contributed by atoms with E-state index in [2.05, 4.69) is 52.2 Å². The minimum absolute atomic E-state index is 0.307. The van der Waals surface area contributed by atoms with E-state index in [0.717, 1.165) is 11.0 Å². The zero-order valence-electron chi connectivity index (χ0n) is 9.81. The Hall–Kier alpha value is -1.13. The Morgan fingerprint density at radius 2 is 2.29 bits per heavy atom. The molecule has 0 aliphatic rings. The lowest BCUT2D eigenvalue weighted by Gasteiger charge is -2.15. The molecule has 1 unspecified atom stereocenters. The predicted molar refractivity (Wildman–Crippen MR) is 72.9 cm³/mol. The zero-order valence-corrected chi connectivity index (χ0v) is 11.4. The lowest BCUT2D eigenvalue weighted by Crippen LogP contribution is -2.18. The van der Waals surface area contributed by atoms with Crippen LogP contribution in [0.5, 0.6) is 0 Å². The molecule has 0 saturated heterocycles. The quantitative estimate of drug-likeness (QED) is 0.942. The maximum absolute atomic E-state index is 5.86. The van der Waals surface area contributed by atoms with Crippen molar-refractivity contribution < 1.29 is 0 Å².